The van der Waals surface area contributed by atoms with Gasteiger partial charge in [-0.25, -0.2) is 4.39 Å². The molecule has 2 N–H and O–H groups in total. The minimum absolute atomic E-state index is 0.203. The van der Waals surface area contributed by atoms with Gasteiger partial charge < -0.3 is 20.1 Å². The molecule has 8 heteroatoms. The third-order valence-corrected chi connectivity index (χ3v) is 4.34. The van der Waals surface area contributed by atoms with Crippen LogP contribution in [0.1, 0.15) is 10.4 Å². The molecule has 0 spiro atoms. The summed E-state index contributed by atoms with van der Waals surface area (Å²) in [5.74, 6) is -0.517. The van der Waals surface area contributed by atoms with Crippen molar-refractivity contribution in [3.8, 4) is 11.5 Å². The van der Waals surface area contributed by atoms with Crippen molar-refractivity contribution in [2.24, 2.45) is 0 Å². The Morgan fingerprint density at radius 1 is 0.967 bits per heavy atom. The highest BCUT2D eigenvalue weighted by Crippen LogP contribution is 2.35. The van der Waals surface area contributed by atoms with Crippen LogP contribution in [0, 0.1) is 5.82 Å². The van der Waals surface area contributed by atoms with E-state index in [9.17, 15) is 14.0 Å². The second kappa shape index (κ2) is 9.76. The van der Waals surface area contributed by atoms with Crippen molar-refractivity contribution in [2.45, 2.75) is 0 Å². The molecule has 0 bridgehead atoms. The van der Waals surface area contributed by atoms with Crippen molar-refractivity contribution >= 4 is 34.8 Å². The lowest BCUT2D eigenvalue weighted by atomic mass is 10.2. The molecule has 0 radical (unpaired) electrons. The number of ether oxygens (including phenoxy) is 2. The summed E-state index contributed by atoms with van der Waals surface area (Å²) in [5, 5.41) is 5.55. The average Bonchev–Trinajstić information content (AvgIpc) is 2.75. The summed E-state index contributed by atoms with van der Waals surface area (Å²) in [6.07, 6.45) is 0. The minimum atomic E-state index is -0.468. The Hall–Kier alpha value is -3.58. The van der Waals surface area contributed by atoms with E-state index in [-0.39, 0.29) is 17.5 Å². The average molecular weight is 429 g/mol. The highest BCUT2D eigenvalue weighted by Gasteiger charge is 2.15. The molecule has 6 nitrogen and oxygen atoms in total. The topological polar surface area (TPSA) is 76.7 Å². The number of nitrogens with one attached hydrogen (secondary N) is 2. The van der Waals surface area contributed by atoms with E-state index in [4.69, 9.17) is 21.1 Å². The van der Waals surface area contributed by atoms with Crippen molar-refractivity contribution in [3.05, 3.63) is 83.1 Å². The van der Waals surface area contributed by atoms with Crippen molar-refractivity contribution in [2.75, 3.05) is 24.4 Å². The summed E-state index contributed by atoms with van der Waals surface area (Å²) < 4.78 is 23.5. The van der Waals surface area contributed by atoms with Crippen molar-refractivity contribution in [1.29, 1.82) is 0 Å². The van der Waals surface area contributed by atoms with Crippen LogP contribution in [0.4, 0.5) is 15.8 Å². The Kier molecular flexibility index (Phi) is 6.87. The first-order valence-electron chi connectivity index (χ1n) is 8.88. The van der Waals surface area contributed by atoms with Gasteiger partial charge in [0, 0.05) is 11.6 Å². The van der Waals surface area contributed by atoms with Crippen molar-refractivity contribution < 1.29 is 23.5 Å². The maximum Gasteiger partial charge on any atom is 0.262 e. The minimum Gasteiger partial charge on any atom is -0.494 e. The molecule has 3 aromatic rings. The summed E-state index contributed by atoms with van der Waals surface area (Å²) in [5.41, 5.74) is 1.13. The zero-order chi connectivity index (χ0) is 21.5. The van der Waals surface area contributed by atoms with Crippen LogP contribution in [0.5, 0.6) is 11.5 Å². The fourth-order valence-corrected chi connectivity index (χ4v) is 2.78. The summed E-state index contributed by atoms with van der Waals surface area (Å²) in [6, 6.07) is 17.0. The van der Waals surface area contributed by atoms with Gasteiger partial charge in [-0.1, -0.05) is 29.8 Å². The van der Waals surface area contributed by atoms with Crippen LogP contribution in [-0.4, -0.2) is 25.5 Å². The van der Waals surface area contributed by atoms with Gasteiger partial charge in [-0.15, -0.1) is 0 Å². The molecule has 0 saturated heterocycles. The fraction of sp³-hybridized carbons (Fsp3) is 0.0909. The lowest BCUT2D eigenvalue weighted by Gasteiger charge is -2.14. The van der Waals surface area contributed by atoms with Gasteiger partial charge in [0.15, 0.2) is 6.61 Å². The van der Waals surface area contributed by atoms with Gasteiger partial charge in [0.25, 0.3) is 11.8 Å². The van der Waals surface area contributed by atoms with Gasteiger partial charge in [-0.05, 0) is 42.5 Å². The molecule has 0 atom stereocenters. The Morgan fingerprint density at radius 2 is 1.67 bits per heavy atom. The number of amides is 2. The molecule has 0 aliphatic carbocycles. The SMILES string of the molecule is COc1cc(NC(=O)COc2ccc(F)cc2)c(Cl)cc1NC(=O)c1ccccc1. The van der Waals surface area contributed by atoms with Gasteiger partial charge in [0.1, 0.15) is 17.3 Å². The number of methoxy groups -OCH3 is 1. The summed E-state index contributed by atoms with van der Waals surface area (Å²) in [7, 11) is 1.44. The predicted octanol–water partition coefficient (Wildman–Crippen LogP) is 4.76. The van der Waals surface area contributed by atoms with Gasteiger partial charge in [-0.3, -0.25) is 9.59 Å². The van der Waals surface area contributed by atoms with Gasteiger partial charge in [0.2, 0.25) is 0 Å². The van der Waals surface area contributed by atoms with E-state index in [0.29, 0.717) is 28.4 Å². The largest absolute Gasteiger partial charge is 0.494 e. The van der Waals surface area contributed by atoms with Crippen LogP contribution >= 0.6 is 11.6 Å². The van der Waals surface area contributed by atoms with Crippen LogP contribution in [-0.2, 0) is 4.79 Å². The van der Waals surface area contributed by atoms with Crippen molar-refractivity contribution in [1.82, 2.24) is 0 Å². The van der Waals surface area contributed by atoms with E-state index in [1.54, 1.807) is 24.3 Å². The molecule has 0 unspecified atom stereocenters. The van der Waals surface area contributed by atoms with Crippen LogP contribution in [0.2, 0.25) is 5.02 Å². The molecule has 154 valence electrons. The van der Waals surface area contributed by atoms with E-state index < -0.39 is 11.7 Å². The smallest absolute Gasteiger partial charge is 0.262 e. The predicted molar refractivity (Wildman–Crippen MR) is 113 cm³/mol. The number of halogens is 2. The molecule has 3 rings (SSSR count). The first-order chi connectivity index (χ1) is 14.5. The molecule has 3 aromatic carbocycles. The normalized spacial score (nSPS) is 10.2. The molecule has 0 fully saturated rings. The monoisotopic (exact) mass is 428 g/mol. The summed E-state index contributed by atoms with van der Waals surface area (Å²) in [6.45, 7) is -0.295. The Balaban J connectivity index is 1.67. The second-order valence-electron chi connectivity index (χ2n) is 6.14. The molecule has 0 heterocycles. The molecule has 0 aliphatic rings. The Bertz CT molecular complexity index is 1040. The molecular formula is C22H18ClFN2O4. The van der Waals surface area contributed by atoms with E-state index in [2.05, 4.69) is 10.6 Å². The number of carbonyl (C=O) groups excluding carboxylic acids is 2. The fourth-order valence-electron chi connectivity index (χ4n) is 2.57. The summed E-state index contributed by atoms with van der Waals surface area (Å²) in [4.78, 5) is 24.6. The highest BCUT2D eigenvalue weighted by atomic mass is 35.5. The van der Waals surface area contributed by atoms with E-state index in [1.165, 1.54) is 43.5 Å². The van der Waals surface area contributed by atoms with Gasteiger partial charge in [-0.2, -0.15) is 0 Å². The number of anilines is 2. The zero-order valence-corrected chi connectivity index (χ0v) is 16.7. The number of hydrogen-bond acceptors (Lipinski definition) is 4. The van der Waals surface area contributed by atoms with Gasteiger partial charge >= 0.3 is 0 Å². The number of benzene rings is 3. The molecule has 0 aromatic heterocycles. The van der Waals surface area contributed by atoms with Crippen molar-refractivity contribution in [3.63, 3.8) is 0 Å². The first-order valence-corrected chi connectivity index (χ1v) is 9.26. The number of carbonyl (C=O) groups is 2. The first kappa shape index (κ1) is 21.1. The lowest BCUT2D eigenvalue weighted by Crippen LogP contribution is -2.20. The molecule has 0 aliphatic heterocycles. The van der Waals surface area contributed by atoms with E-state index >= 15 is 0 Å². The van der Waals surface area contributed by atoms with Gasteiger partial charge in [0.05, 0.1) is 23.5 Å². The number of hydrogen-bond donors (Lipinski definition) is 2. The zero-order valence-electron chi connectivity index (χ0n) is 15.9. The summed E-state index contributed by atoms with van der Waals surface area (Å²) >= 11 is 6.26. The molecule has 2 amide bonds. The maximum atomic E-state index is 12.9. The van der Waals surface area contributed by atoms with E-state index in [1.807, 2.05) is 6.07 Å². The lowest BCUT2D eigenvalue weighted by molar-refractivity contribution is -0.118. The quantitative estimate of drug-likeness (QED) is 0.569. The molecule has 0 saturated carbocycles. The van der Waals surface area contributed by atoms with Crippen LogP contribution in [0.25, 0.3) is 0 Å². The highest BCUT2D eigenvalue weighted by molar-refractivity contribution is 6.34. The van der Waals surface area contributed by atoms with Crippen LogP contribution in [0.3, 0.4) is 0 Å². The third-order valence-electron chi connectivity index (χ3n) is 4.03. The Morgan fingerprint density at radius 3 is 2.33 bits per heavy atom. The standard InChI is InChI=1S/C22H18ClFN2O4/c1-29-20-12-18(25-21(27)13-30-16-9-7-15(24)8-10-16)17(23)11-19(20)26-22(28)14-5-3-2-4-6-14/h2-12H,13H2,1H3,(H,25,27)(H,26,28). The van der Waals surface area contributed by atoms with Crippen LogP contribution in [0.15, 0.2) is 66.7 Å². The second-order valence-corrected chi connectivity index (χ2v) is 6.55. The van der Waals surface area contributed by atoms with Crippen LogP contribution < -0.4 is 20.1 Å². The third kappa shape index (κ3) is 5.48. The molecule has 30 heavy (non-hydrogen) atoms. The molecular weight excluding hydrogens is 411 g/mol. The number of rotatable bonds is 7. The Labute approximate surface area is 177 Å². The maximum absolute atomic E-state index is 12.9. The van der Waals surface area contributed by atoms with E-state index in [0.717, 1.165) is 0 Å².